The monoisotopic (exact) mass is 132 g/mol. The van der Waals surface area contributed by atoms with E-state index in [2.05, 4.69) is 38.2 Å². The Balaban J connectivity index is 0. The fraction of sp³-hybridized carbons (Fsp3) is 1.00. The highest BCUT2D eigenvalue weighted by molar-refractivity contribution is 4.53. The van der Waals surface area contributed by atoms with Crippen LogP contribution in [0, 0.1) is 0 Å². The Morgan fingerprint density at radius 3 is 2.33 bits per heavy atom. The molecule has 58 valence electrons. The number of hydrogen-bond acceptors (Lipinski definition) is 2. The zero-order valence-corrected chi connectivity index (χ0v) is 6.94. The van der Waals surface area contributed by atoms with E-state index in [1.807, 2.05) is 0 Å². The molecule has 0 unspecified atom stereocenters. The van der Waals surface area contributed by atoms with E-state index in [1.54, 1.807) is 0 Å². The smallest absolute Gasteiger partial charge is 0.0101 e. The minimum atomic E-state index is 0. The SMILES string of the molecule is CC(C)NCCN(C)C.[HH]. The average Bonchev–Trinajstić information content (AvgIpc) is 1.63. The molecule has 0 aromatic heterocycles. The molecule has 0 radical (unpaired) electrons. The second-order valence-corrected chi connectivity index (χ2v) is 2.91. The molecular formula is C7H20N2. The Hall–Kier alpha value is -0.0800. The van der Waals surface area contributed by atoms with Gasteiger partial charge in [0.2, 0.25) is 0 Å². The summed E-state index contributed by atoms with van der Waals surface area (Å²) in [7, 11) is 4.17. The van der Waals surface area contributed by atoms with Gasteiger partial charge in [-0.05, 0) is 14.1 Å². The van der Waals surface area contributed by atoms with Crippen LogP contribution in [0.4, 0.5) is 0 Å². The molecule has 0 aromatic rings. The minimum Gasteiger partial charge on any atom is -0.313 e. The van der Waals surface area contributed by atoms with Gasteiger partial charge >= 0.3 is 0 Å². The van der Waals surface area contributed by atoms with Gasteiger partial charge in [-0.25, -0.2) is 0 Å². The predicted molar refractivity (Wildman–Crippen MR) is 43.8 cm³/mol. The first-order valence-electron chi connectivity index (χ1n) is 3.51. The van der Waals surface area contributed by atoms with Crippen molar-refractivity contribution in [3.8, 4) is 0 Å². The summed E-state index contributed by atoms with van der Waals surface area (Å²) in [5.41, 5.74) is 0. The maximum Gasteiger partial charge on any atom is 0.0101 e. The van der Waals surface area contributed by atoms with E-state index in [0.29, 0.717) is 6.04 Å². The lowest BCUT2D eigenvalue weighted by Crippen LogP contribution is -2.30. The maximum absolute atomic E-state index is 3.34. The molecule has 2 heteroatoms. The molecule has 9 heavy (non-hydrogen) atoms. The van der Waals surface area contributed by atoms with Crippen LogP contribution in [0.3, 0.4) is 0 Å². The molecule has 0 atom stereocenters. The second-order valence-electron chi connectivity index (χ2n) is 2.91. The van der Waals surface area contributed by atoms with E-state index < -0.39 is 0 Å². The lowest BCUT2D eigenvalue weighted by Gasteiger charge is -2.11. The summed E-state index contributed by atoms with van der Waals surface area (Å²) in [6.07, 6.45) is 0. The zero-order chi connectivity index (χ0) is 7.28. The topological polar surface area (TPSA) is 15.3 Å². The molecule has 1 N–H and O–H groups in total. The minimum absolute atomic E-state index is 0. The highest BCUT2D eigenvalue weighted by atomic mass is 15.1. The number of nitrogens with zero attached hydrogens (tertiary/aromatic N) is 1. The number of rotatable bonds is 4. The molecule has 0 saturated carbocycles. The van der Waals surface area contributed by atoms with Crippen LogP contribution in [-0.4, -0.2) is 38.1 Å². The number of likely N-dealkylation sites (N-methyl/N-ethyl adjacent to an activating group) is 1. The first kappa shape index (κ1) is 8.92. The lowest BCUT2D eigenvalue weighted by molar-refractivity contribution is 0.391. The molecule has 0 bridgehead atoms. The summed E-state index contributed by atoms with van der Waals surface area (Å²) in [5.74, 6) is 0. The molecule has 0 saturated heterocycles. The van der Waals surface area contributed by atoms with Crippen LogP contribution in [0.2, 0.25) is 0 Å². The van der Waals surface area contributed by atoms with Gasteiger partial charge in [-0.1, -0.05) is 13.8 Å². The van der Waals surface area contributed by atoms with Crippen LogP contribution in [0.1, 0.15) is 15.3 Å². The normalized spacial score (nSPS) is 11.3. The van der Waals surface area contributed by atoms with Crippen molar-refractivity contribution in [1.29, 1.82) is 0 Å². The van der Waals surface area contributed by atoms with Crippen molar-refractivity contribution in [2.75, 3.05) is 27.2 Å². The molecule has 0 aliphatic carbocycles. The van der Waals surface area contributed by atoms with Gasteiger partial charge in [0.05, 0.1) is 0 Å². The van der Waals surface area contributed by atoms with Crippen LogP contribution in [0.15, 0.2) is 0 Å². The molecule has 0 aromatic carbocycles. The van der Waals surface area contributed by atoms with Gasteiger partial charge in [-0.15, -0.1) is 0 Å². The van der Waals surface area contributed by atoms with Gasteiger partial charge in [-0.2, -0.15) is 0 Å². The van der Waals surface area contributed by atoms with Crippen LogP contribution < -0.4 is 5.32 Å². The summed E-state index contributed by atoms with van der Waals surface area (Å²) in [4.78, 5) is 2.18. The van der Waals surface area contributed by atoms with Crippen molar-refractivity contribution in [1.82, 2.24) is 10.2 Å². The van der Waals surface area contributed by atoms with Crippen molar-refractivity contribution in [2.45, 2.75) is 19.9 Å². The van der Waals surface area contributed by atoms with Crippen LogP contribution in [-0.2, 0) is 0 Å². The fourth-order valence-electron chi connectivity index (χ4n) is 0.577. The number of hydrogen-bond donors (Lipinski definition) is 1. The van der Waals surface area contributed by atoms with Gasteiger partial charge in [0, 0.05) is 20.6 Å². The zero-order valence-electron chi connectivity index (χ0n) is 6.94. The van der Waals surface area contributed by atoms with Crippen molar-refractivity contribution in [2.24, 2.45) is 0 Å². The molecule has 0 spiro atoms. The molecule has 0 fully saturated rings. The van der Waals surface area contributed by atoms with Crippen molar-refractivity contribution in [3.63, 3.8) is 0 Å². The van der Waals surface area contributed by atoms with E-state index >= 15 is 0 Å². The second kappa shape index (κ2) is 4.77. The van der Waals surface area contributed by atoms with Crippen molar-refractivity contribution < 1.29 is 1.43 Å². The van der Waals surface area contributed by atoms with E-state index in [-0.39, 0.29) is 1.43 Å². The standard InChI is InChI=1S/C7H18N2.H2/c1-7(2)8-5-6-9(3)4;/h7-8H,5-6H2,1-4H3;1H. The summed E-state index contributed by atoms with van der Waals surface area (Å²) < 4.78 is 0. The Kier molecular flexibility index (Phi) is 4.72. The van der Waals surface area contributed by atoms with Gasteiger partial charge < -0.3 is 10.2 Å². The Labute approximate surface area is 59.7 Å². The highest BCUT2D eigenvalue weighted by Gasteiger charge is 1.91. The molecule has 0 aliphatic rings. The van der Waals surface area contributed by atoms with Crippen molar-refractivity contribution in [3.05, 3.63) is 0 Å². The molecule has 0 rings (SSSR count). The summed E-state index contributed by atoms with van der Waals surface area (Å²) in [5, 5.41) is 3.34. The molecule has 0 heterocycles. The third kappa shape index (κ3) is 7.92. The molecule has 0 aliphatic heterocycles. The Morgan fingerprint density at radius 2 is 2.00 bits per heavy atom. The summed E-state index contributed by atoms with van der Waals surface area (Å²) in [6.45, 7) is 6.54. The first-order valence-corrected chi connectivity index (χ1v) is 3.51. The number of nitrogens with one attached hydrogen (secondary N) is 1. The van der Waals surface area contributed by atoms with E-state index in [0.717, 1.165) is 13.1 Å². The van der Waals surface area contributed by atoms with Crippen LogP contribution >= 0.6 is 0 Å². The van der Waals surface area contributed by atoms with E-state index in [4.69, 9.17) is 0 Å². The van der Waals surface area contributed by atoms with Gasteiger partial charge in [-0.3, -0.25) is 0 Å². The maximum atomic E-state index is 3.34. The molecule has 2 nitrogen and oxygen atoms in total. The van der Waals surface area contributed by atoms with Gasteiger partial charge in [0.15, 0.2) is 0 Å². The fourth-order valence-corrected chi connectivity index (χ4v) is 0.577. The lowest BCUT2D eigenvalue weighted by atomic mass is 10.4. The summed E-state index contributed by atoms with van der Waals surface area (Å²) >= 11 is 0. The van der Waals surface area contributed by atoms with Crippen LogP contribution in [0.25, 0.3) is 0 Å². The molecular weight excluding hydrogens is 112 g/mol. The highest BCUT2D eigenvalue weighted by Crippen LogP contribution is 1.76. The third-order valence-corrected chi connectivity index (χ3v) is 1.11. The molecule has 0 amide bonds. The third-order valence-electron chi connectivity index (χ3n) is 1.11. The van der Waals surface area contributed by atoms with Gasteiger partial charge in [0.1, 0.15) is 0 Å². The predicted octanol–water partition coefficient (Wildman–Crippen LogP) is 0.792. The van der Waals surface area contributed by atoms with E-state index in [9.17, 15) is 0 Å². The quantitative estimate of drug-likeness (QED) is 0.608. The summed E-state index contributed by atoms with van der Waals surface area (Å²) in [6, 6.07) is 0.616. The van der Waals surface area contributed by atoms with Crippen LogP contribution in [0.5, 0.6) is 0 Å². The average molecular weight is 132 g/mol. The van der Waals surface area contributed by atoms with Crippen molar-refractivity contribution >= 4 is 0 Å². The Morgan fingerprint density at radius 1 is 1.44 bits per heavy atom. The van der Waals surface area contributed by atoms with E-state index in [1.165, 1.54) is 0 Å². The Bertz CT molecular complexity index is 56.6. The first-order chi connectivity index (χ1) is 4.13. The largest absolute Gasteiger partial charge is 0.313 e. The van der Waals surface area contributed by atoms with Gasteiger partial charge in [0.25, 0.3) is 0 Å².